The molecule has 0 saturated heterocycles. The molecule has 0 amide bonds. The van der Waals surface area contributed by atoms with E-state index in [-0.39, 0.29) is 12.8 Å². The Hall–Kier alpha value is -2.46. The average Bonchev–Trinajstić information content (AvgIpc) is 3.12. The zero-order valence-corrected chi connectivity index (χ0v) is 21.9. The molecule has 8 atom stereocenters. The van der Waals surface area contributed by atoms with Crippen molar-refractivity contribution in [2.24, 2.45) is 28.6 Å². The van der Waals surface area contributed by atoms with Gasteiger partial charge in [0, 0.05) is 56.8 Å². The fraction of sp³-hybridized carbons (Fsp3) is 0.769. The quantitative estimate of drug-likeness (QED) is 0.444. The minimum Gasteiger partial charge on any atom is -0.469 e. The molecule has 0 bridgehead atoms. The van der Waals surface area contributed by atoms with Crippen LogP contribution in [0.25, 0.3) is 0 Å². The van der Waals surface area contributed by atoms with Gasteiger partial charge in [-0.2, -0.15) is 0 Å². The van der Waals surface area contributed by atoms with Gasteiger partial charge in [-0.1, -0.05) is 20.8 Å². The van der Waals surface area contributed by atoms with Crippen LogP contribution in [-0.4, -0.2) is 66.8 Å². The fourth-order valence-corrected chi connectivity index (χ4v) is 7.76. The number of carbonyl (C=O) groups is 4. The average molecular weight is 509 g/mol. The van der Waals surface area contributed by atoms with E-state index in [1.54, 1.807) is 0 Å². The summed E-state index contributed by atoms with van der Waals surface area (Å²) in [5.74, 6) is -6.28. The second kappa shape index (κ2) is 8.55. The van der Waals surface area contributed by atoms with E-state index in [4.69, 9.17) is 23.7 Å². The lowest BCUT2D eigenvalue weighted by Crippen LogP contribution is -2.75. The van der Waals surface area contributed by atoms with Gasteiger partial charge >= 0.3 is 23.9 Å². The van der Waals surface area contributed by atoms with E-state index in [0.717, 1.165) is 0 Å². The molecule has 0 aromatic rings. The Balaban J connectivity index is 1.99. The van der Waals surface area contributed by atoms with Crippen LogP contribution in [0.15, 0.2) is 11.6 Å². The predicted octanol–water partition coefficient (Wildman–Crippen LogP) is 2.06. The maximum atomic E-state index is 13.3. The highest BCUT2D eigenvalue weighted by molar-refractivity contribution is 5.90. The van der Waals surface area contributed by atoms with Crippen molar-refractivity contribution < 1.29 is 48.0 Å². The third-order valence-corrected chi connectivity index (χ3v) is 9.47. The lowest BCUT2D eigenvalue weighted by atomic mass is 9.39. The standard InChI is InChI=1S/C26H36O10/c1-13(27)34-17-12-26(31)23(3,4)9-8-18(35-14(2)28)24(26,5)16-11-25(33-7)15(10-19(29)36-25)21(20(16)17)22(30)32-6/h10,16-18,20-21,31H,8-9,11-12H2,1-7H3. The summed E-state index contributed by atoms with van der Waals surface area (Å²) in [6.07, 6.45) is 0.790. The SMILES string of the molecule is COC(=O)C1C2=CC(=O)OC2(OC)CC2C1C(OC(C)=O)CC1(O)C(C)(C)CCC(OC(C)=O)C21C. The van der Waals surface area contributed by atoms with E-state index in [2.05, 4.69) is 0 Å². The van der Waals surface area contributed by atoms with Crippen molar-refractivity contribution in [3.8, 4) is 0 Å². The van der Waals surface area contributed by atoms with E-state index in [1.807, 2.05) is 20.8 Å². The van der Waals surface area contributed by atoms with Crippen molar-refractivity contribution in [3.05, 3.63) is 11.6 Å². The van der Waals surface area contributed by atoms with Gasteiger partial charge in [-0.3, -0.25) is 14.4 Å². The molecular formula is C26H36O10. The zero-order chi connectivity index (χ0) is 26.8. The monoisotopic (exact) mass is 508 g/mol. The predicted molar refractivity (Wildman–Crippen MR) is 123 cm³/mol. The number of hydrogen-bond acceptors (Lipinski definition) is 10. The Morgan fingerprint density at radius 2 is 1.69 bits per heavy atom. The van der Waals surface area contributed by atoms with Crippen LogP contribution in [0, 0.1) is 28.6 Å². The summed E-state index contributed by atoms with van der Waals surface area (Å²) in [5, 5.41) is 12.6. The molecule has 10 heteroatoms. The Morgan fingerprint density at radius 1 is 1.06 bits per heavy atom. The minimum atomic E-state index is -1.57. The number of rotatable bonds is 4. The highest BCUT2D eigenvalue weighted by atomic mass is 16.7. The van der Waals surface area contributed by atoms with E-state index in [9.17, 15) is 24.3 Å². The van der Waals surface area contributed by atoms with Gasteiger partial charge < -0.3 is 28.8 Å². The zero-order valence-electron chi connectivity index (χ0n) is 21.9. The Bertz CT molecular complexity index is 1020. The van der Waals surface area contributed by atoms with Crippen LogP contribution in [-0.2, 0) is 42.9 Å². The van der Waals surface area contributed by atoms with Crippen molar-refractivity contribution in [2.45, 2.75) is 83.9 Å². The Morgan fingerprint density at radius 3 is 2.25 bits per heavy atom. The molecule has 1 N–H and O–H groups in total. The van der Waals surface area contributed by atoms with E-state index in [1.165, 1.54) is 34.1 Å². The number of hydrogen-bond donors (Lipinski definition) is 1. The van der Waals surface area contributed by atoms with Gasteiger partial charge in [0.05, 0.1) is 18.6 Å². The summed E-state index contributed by atoms with van der Waals surface area (Å²) in [4.78, 5) is 50.2. The first kappa shape index (κ1) is 26.6. The van der Waals surface area contributed by atoms with Crippen molar-refractivity contribution in [2.75, 3.05) is 14.2 Å². The van der Waals surface area contributed by atoms with Crippen molar-refractivity contribution in [1.82, 2.24) is 0 Å². The van der Waals surface area contributed by atoms with Gasteiger partial charge in [0.1, 0.15) is 12.2 Å². The molecule has 3 aliphatic carbocycles. The van der Waals surface area contributed by atoms with Crippen LogP contribution in [0.1, 0.15) is 60.3 Å². The molecule has 3 fully saturated rings. The first-order valence-corrected chi connectivity index (χ1v) is 12.3. The maximum absolute atomic E-state index is 13.3. The highest BCUT2D eigenvalue weighted by Gasteiger charge is 2.75. The van der Waals surface area contributed by atoms with Crippen molar-refractivity contribution in [1.29, 1.82) is 0 Å². The van der Waals surface area contributed by atoms with Gasteiger partial charge in [-0.25, -0.2) is 4.79 Å². The van der Waals surface area contributed by atoms with Crippen LogP contribution in [0.4, 0.5) is 0 Å². The number of fused-ring (bicyclic) bond motifs is 4. The van der Waals surface area contributed by atoms with E-state index in [0.29, 0.717) is 18.4 Å². The molecule has 8 unspecified atom stereocenters. The largest absolute Gasteiger partial charge is 0.469 e. The molecule has 4 aliphatic rings. The third kappa shape index (κ3) is 3.51. The summed E-state index contributed by atoms with van der Waals surface area (Å²) in [6.45, 7) is 8.32. The molecule has 0 radical (unpaired) electrons. The second-order valence-corrected chi connectivity index (χ2v) is 11.4. The summed E-state index contributed by atoms with van der Waals surface area (Å²) < 4.78 is 28.2. The van der Waals surface area contributed by atoms with Crippen LogP contribution in [0.5, 0.6) is 0 Å². The molecule has 0 aromatic heterocycles. The smallest absolute Gasteiger partial charge is 0.333 e. The van der Waals surface area contributed by atoms with Crippen LogP contribution < -0.4 is 0 Å². The van der Waals surface area contributed by atoms with Gasteiger partial charge in [0.2, 0.25) is 5.79 Å². The first-order chi connectivity index (χ1) is 16.7. The minimum absolute atomic E-state index is 0.0184. The Labute approximate surface area is 210 Å². The number of carbonyl (C=O) groups excluding carboxylic acids is 4. The van der Waals surface area contributed by atoms with Gasteiger partial charge in [-0.05, 0) is 24.2 Å². The maximum Gasteiger partial charge on any atom is 0.333 e. The number of methoxy groups -OCH3 is 2. The molecule has 1 aliphatic heterocycles. The van der Waals surface area contributed by atoms with Crippen LogP contribution in [0.2, 0.25) is 0 Å². The second-order valence-electron chi connectivity index (χ2n) is 11.4. The third-order valence-electron chi connectivity index (χ3n) is 9.47. The molecular weight excluding hydrogens is 472 g/mol. The topological polar surface area (TPSA) is 135 Å². The van der Waals surface area contributed by atoms with Crippen LogP contribution >= 0.6 is 0 Å². The fourth-order valence-electron chi connectivity index (χ4n) is 7.76. The van der Waals surface area contributed by atoms with E-state index < -0.39 is 76.1 Å². The Kier molecular flexibility index (Phi) is 6.32. The molecule has 3 saturated carbocycles. The number of ether oxygens (including phenoxy) is 5. The molecule has 0 aromatic carbocycles. The highest BCUT2D eigenvalue weighted by Crippen LogP contribution is 2.69. The number of esters is 4. The lowest BCUT2D eigenvalue weighted by Gasteiger charge is -2.69. The normalized spacial score (nSPS) is 42.6. The molecule has 1 heterocycles. The van der Waals surface area contributed by atoms with Gasteiger partial charge in [0.15, 0.2) is 0 Å². The molecule has 4 rings (SSSR count). The molecule has 200 valence electrons. The summed E-state index contributed by atoms with van der Waals surface area (Å²) >= 11 is 0. The number of aliphatic hydroxyl groups is 1. The molecule has 36 heavy (non-hydrogen) atoms. The first-order valence-electron chi connectivity index (χ1n) is 12.3. The lowest BCUT2D eigenvalue weighted by molar-refractivity contribution is -0.318. The van der Waals surface area contributed by atoms with Gasteiger partial charge in [-0.15, -0.1) is 0 Å². The van der Waals surface area contributed by atoms with Crippen molar-refractivity contribution in [3.63, 3.8) is 0 Å². The summed E-state index contributed by atoms with van der Waals surface area (Å²) in [6, 6.07) is 0. The van der Waals surface area contributed by atoms with Gasteiger partial charge in [0.25, 0.3) is 0 Å². The molecule has 10 nitrogen and oxygen atoms in total. The van der Waals surface area contributed by atoms with Crippen LogP contribution in [0.3, 0.4) is 0 Å². The summed E-state index contributed by atoms with van der Waals surface area (Å²) in [5.41, 5.74) is -2.95. The van der Waals surface area contributed by atoms with E-state index >= 15 is 0 Å². The molecule has 0 spiro atoms. The van der Waals surface area contributed by atoms with Crippen molar-refractivity contribution >= 4 is 23.9 Å². The summed E-state index contributed by atoms with van der Waals surface area (Å²) in [7, 11) is 2.63.